The Morgan fingerprint density at radius 1 is 1.21 bits per heavy atom. The molecule has 1 heterocycles. The lowest BCUT2D eigenvalue weighted by molar-refractivity contribution is -0.122. The highest BCUT2D eigenvalue weighted by Crippen LogP contribution is 2.23. The fourth-order valence-corrected chi connectivity index (χ4v) is 3.81. The van der Waals surface area contributed by atoms with E-state index in [2.05, 4.69) is 5.32 Å². The van der Waals surface area contributed by atoms with Crippen LogP contribution >= 0.6 is 0 Å². The van der Waals surface area contributed by atoms with E-state index in [-0.39, 0.29) is 24.2 Å². The Bertz CT molecular complexity index is 777. The molecule has 2 atom stereocenters. The Balaban J connectivity index is 1.81. The standard InChI is InChI=1S/C18H26N4O2/c1-2-21-15-9-5-6-10-16(15)22(18(21)24)12-17(23)20-14-8-4-3-7-13(14)11-19/h5-6,9-10,13-14H,2-4,7-8,11-12,19H2,1H3,(H,20,23). The molecule has 6 heteroatoms. The van der Waals surface area contributed by atoms with Crippen molar-refractivity contribution in [1.29, 1.82) is 0 Å². The van der Waals surface area contributed by atoms with Crippen LogP contribution in [0.5, 0.6) is 0 Å². The van der Waals surface area contributed by atoms with Crippen molar-refractivity contribution in [1.82, 2.24) is 14.5 Å². The molecular formula is C18H26N4O2. The van der Waals surface area contributed by atoms with E-state index >= 15 is 0 Å². The van der Waals surface area contributed by atoms with Gasteiger partial charge in [-0.1, -0.05) is 25.0 Å². The summed E-state index contributed by atoms with van der Waals surface area (Å²) >= 11 is 0. The molecule has 0 aliphatic heterocycles. The normalized spacial score (nSPS) is 21.1. The van der Waals surface area contributed by atoms with E-state index in [1.165, 1.54) is 6.42 Å². The third-order valence-corrected chi connectivity index (χ3v) is 5.10. The zero-order valence-electron chi connectivity index (χ0n) is 14.2. The number of nitrogens with two attached hydrogens (primary N) is 1. The average molecular weight is 330 g/mol. The average Bonchev–Trinajstić information content (AvgIpc) is 2.87. The second-order valence-electron chi connectivity index (χ2n) is 6.56. The second kappa shape index (κ2) is 7.21. The quantitative estimate of drug-likeness (QED) is 0.871. The number of fused-ring (bicyclic) bond motifs is 1. The van der Waals surface area contributed by atoms with Gasteiger partial charge in [-0.2, -0.15) is 0 Å². The zero-order chi connectivity index (χ0) is 17.1. The highest BCUT2D eigenvalue weighted by atomic mass is 16.2. The Hall–Kier alpha value is -2.08. The Kier molecular flexibility index (Phi) is 5.04. The number of nitrogens with zero attached hydrogens (tertiary/aromatic N) is 2. The van der Waals surface area contributed by atoms with Crippen LogP contribution in [-0.4, -0.2) is 27.6 Å². The number of nitrogens with one attached hydrogen (secondary N) is 1. The molecule has 6 nitrogen and oxygen atoms in total. The lowest BCUT2D eigenvalue weighted by Gasteiger charge is -2.31. The molecule has 0 bridgehead atoms. The molecule has 1 amide bonds. The molecule has 1 saturated carbocycles. The highest BCUT2D eigenvalue weighted by molar-refractivity contribution is 5.81. The van der Waals surface area contributed by atoms with Gasteiger partial charge in [0.1, 0.15) is 6.54 Å². The van der Waals surface area contributed by atoms with E-state index in [1.54, 1.807) is 9.13 Å². The SMILES string of the molecule is CCn1c(=O)n(CC(=O)NC2CCCCC2CN)c2ccccc21. The number of imidazole rings is 1. The van der Waals surface area contributed by atoms with Crippen molar-refractivity contribution < 1.29 is 4.79 Å². The first-order valence-corrected chi connectivity index (χ1v) is 8.83. The van der Waals surface area contributed by atoms with Gasteiger partial charge in [0.2, 0.25) is 5.91 Å². The number of aryl methyl sites for hydroxylation is 1. The molecule has 24 heavy (non-hydrogen) atoms. The van der Waals surface area contributed by atoms with Crippen LogP contribution in [0.3, 0.4) is 0 Å². The van der Waals surface area contributed by atoms with Crippen LogP contribution in [0.2, 0.25) is 0 Å². The lowest BCUT2D eigenvalue weighted by Crippen LogP contribution is -2.46. The van der Waals surface area contributed by atoms with Gasteiger partial charge in [0.15, 0.2) is 0 Å². The summed E-state index contributed by atoms with van der Waals surface area (Å²) in [5, 5.41) is 3.10. The third-order valence-electron chi connectivity index (χ3n) is 5.10. The number of hydrogen-bond donors (Lipinski definition) is 2. The summed E-state index contributed by atoms with van der Waals surface area (Å²) in [4.78, 5) is 25.1. The van der Waals surface area contributed by atoms with E-state index in [4.69, 9.17) is 5.73 Å². The van der Waals surface area contributed by atoms with Crippen molar-refractivity contribution >= 4 is 16.9 Å². The monoisotopic (exact) mass is 330 g/mol. The molecule has 3 N–H and O–H groups in total. The predicted octanol–water partition coefficient (Wildman–Crippen LogP) is 1.46. The first kappa shape index (κ1) is 16.8. The maximum Gasteiger partial charge on any atom is 0.329 e. The highest BCUT2D eigenvalue weighted by Gasteiger charge is 2.25. The number of amides is 1. The Labute approximate surface area is 141 Å². The fraction of sp³-hybridized carbons (Fsp3) is 0.556. The molecule has 0 saturated heterocycles. The fourth-order valence-electron chi connectivity index (χ4n) is 3.81. The van der Waals surface area contributed by atoms with Crippen molar-refractivity contribution in [2.24, 2.45) is 11.7 Å². The first-order chi connectivity index (χ1) is 11.7. The smallest absolute Gasteiger partial charge is 0.329 e. The van der Waals surface area contributed by atoms with Gasteiger partial charge in [-0.05, 0) is 44.4 Å². The molecule has 1 fully saturated rings. The molecule has 3 rings (SSSR count). The summed E-state index contributed by atoms with van der Waals surface area (Å²) in [5.74, 6) is 0.234. The van der Waals surface area contributed by atoms with Crippen LogP contribution in [0.25, 0.3) is 11.0 Å². The molecule has 2 aromatic rings. The van der Waals surface area contributed by atoms with Crippen LogP contribution in [0.1, 0.15) is 32.6 Å². The van der Waals surface area contributed by atoms with Gasteiger partial charge < -0.3 is 11.1 Å². The summed E-state index contributed by atoms with van der Waals surface area (Å²) < 4.78 is 3.26. The lowest BCUT2D eigenvalue weighted by atomic mass is 9.84. The maximum absolute atomic E-state index is 12.6. The molecular weight excluding hydrogens is 304 g/mol. The molecule has 1 aromatic heterocycles. The van der Waals surface area contributed by atoms with Crippen LogP contribution in [-0.2, 0) is 17.9 Å². The minimum absolute atomic E-state index is 0.0557. The summed E-state index contributed by atoms with van der Waals surface area (Å²) in [5.41, 5.74) is 7.38. The van der Waals surface area contributed by atoms with Crippen LogP contribution in [0, 0.1) is 5.92 Å². The van der Waals surface area contributed by atoms with Gasteiger partial charge in [0.05, 0.1) is 11.0 Å². The van der Waals surface area contributed by atoms with Crippen LogP contribution in [0.4, 0.5) is 0 Å². The molecule has 2 unspecified atom stereocenters. The number of para-hydroxylation sites is 2. The van der Waals surface area contributed by atoms with Gasteiger partial charge in [-0.15, -0.1) is 0 Å². The van der Waals surface area contributed by atoms with Crippen molar-refractivity contribution in [2.45, 2.75) is 51.7 Å². The van der Waals surface area contributed by atoms with Crippen molar-refractivity contribution in [3.05, 3.63) is 34.7 Å². The summed E-state index contributed by atoms with van der Waals surface area (Å²) in [6, 6.07) is 7.74. The van der Waals surface area contributed by atoms with Gasteiger partial charge in [-0.3, -0.25) is 13.9 Å². The van der Waals surface area contributed by atoms with Gasteiger partial charge in [0.25, 0.3) is 0 Å². The molecule has 0 spiro atoms. The number of hydrogen-bond acceptors (Lipinski definition) is 3. The van der Waals surface area contributed by atoms with E-state index in [1.807, 2.05) is 31.2 Å². The van der Waals surface area contributed by atoms with Crippen molar-refractivity contribution in [3.63, 3.8) is 0 Å². The first-order valence-electron chi connectivity index (χ1n) is 8.83. The third kappa shape index (κ3) is 3.11. The molecule has 1 aliphatic rings. The topological polar surface area (TPSA) is 82.0 Å². The van der Waals surface area contributed by atoms with E-state index < -0.39 is 0 Å². The largest absolute Gasteiger partial charge is 0.351 e. The number of rotatable bonds is 5. The minimum atomic E-state index is -0.132. The van der Waals surface area contributed by atoms with Crippen molar-refractivity contribution in [3.8, 4) is 0 Å². The predicted molar refractivity (Wildman–Crippen MR) is 94.8 cm³/mol. The Morgan fingerprint density at radius 3 is 2.54 bits per heavy atom. The number of benzene rings is 1. The second-order valence-corrected chi connectivity index (χ2v) is 6.56. The minimum Gasteiger partial charge on any atom is -0.351 e. The molecule has 1 aliphatic carbocycles. The number of carbonyl (C=O) groups excluding carboxylic acids is 1. The van der Waals surface area contributed by atoms with E-state index in [0.29, 0.717) is 19.0 Å². The molecule has 130 valence electrons. The summed E-state index contributed by atoms with van der Waals surface area (Å²) in [6.45, 7) is 3.18. The maximum atomic E-state index is 12.6. The number of carbonyl (C=O) groups is 1. The van der Waals surface area contributed by atoms with Crippen molar-refractivity contribution in [2.75, 3.05) is 6.54 Å². The molecule has 1 aromatic carbocycles. The Morgan fingerprint density at radius 2 is 1.88 bits per heavy atom. The number of aromatic nitrogens is 2. The zero-order valence-corrected chi connectivity index (χ0v) is 14.2. The van der Waals surface area contributed by atoms with E-state index in [0.717, 1.165) is 30.3 Å². The van der Waals surface area contributed by atoms with Crippen LogP contribution < -0.4 is 16.7 Å². The van der Waals surface area contributed by atoms with Crippen LogP contribution in [0.15, 0.2) is 29.1 Å². The summed E-state index contributed by atoms with van der Waals surface area (Å²) in [6.07, 6.45) is 4.34. The van der Waals surface area contributed by atoms with E-state index in [9.17, 15) is 9.59 Å². The van der Waals surface area contributed by atoms with Gasteiger partial charge in [-0.25, -0.2) is 4.79 Å². The molecule has 0 radical (unpaired) electrons. The van der Waals surface area contributed by atoms with Gasteiger partial charge in [0, 0.05) is 12.6 Å². The summed E-state index contributed by atoms with van der Waals surface area (Å²) in [7, 11) is 0. The van der Waals surface area contributed by atoms with Gasteiger partial charge >= 0.3 is 5.69 Å².